The van der Waals surface area contributed by atoms with E-state index in [2.05, 4.69) is 10.3 Å². The molecule has 122 valence electrons. The predicted molar refractivity (Wildman–Crippen MR) is 86.7 cm³/mol. The maximum Gasteiger partial charge on any atom is 0.355 e. The number of hydrogen-bond acceptors (Lipinski definition) is 6. The van der Waals surface area contributed by atoms with Crippen molar-refractivity contribution in [1.82, 2.24) is 10.3 Å². The first-order valence-corrected chi connectivity index (χ1v) is 8.24. The van der Waals surface area contributed by atoms with E-state index < -0.39 is 5.97 Å². The van der Waals surface area contributed by atoms with Crippen LogP contribution in [0.2, 0.25) is 0 Å². The largest absolute Gasteiger partial charge is 0.486 e. The molecule has 0 fully saturated rings. The average Bonchev–Trinajstić information content (AvgIpc) is 2.92. The molecule has 1 aliphatic heterocycles. The number of benzene rings is 1. The number of nitrogens with zero attached hydrogens (tertiary/aromatic N) is 1. The summed E-state index contributed by atoms with van der Waals surface area (Å²) in [4.78, 5) is 15.9. The van der Waals surface area contributed by atoms with Gasteiger partial charge >= 0.3 is 5.97 Å². The number of aromatic carboxylic acids is 1. The van der Waals surface area contributed by atoms with Crippen molar-refractivity contribution >= 4 is 17.3 Å². The normalized spacial score (nSPS) is 13.1. The van der Waals surface area contributed by atoms with Crippen LogP contribution in [0.4, 0.5) is 0 Å². The first-order chi connectivity index (χ1) is 11.1. The van der Waals surface area contributed by atoms with E-state index in [0.29, 0.717) is 26.2 Å². The number of aryl methyl sites for hydroxylation is 1. The fraction of sp³-hybridized carbons (Fsp3) is 0.375. The van der Waals surface area contributed by atoms with Crippen molar-refractivity contribution in [1.29, 1.82) is 0 Å². The van der Waals surface area contributed by atoms with Gasteiger partial charge < -0.3 is 19.9 Å². The first kappa shape index (κ1) is 15.8. The topological polar surface area (TPSA) is 80.7 Å². The third-order valence-corrected chi connectivity index (χ3v) is 4.53. The SMILES string of the molecule is Cc1sc(CCNCc2ccc3c(c2)OCCO3)nc1C(=O)O. The molecule has 0 spiro atoms. The predicted octanol–water partition coefficient (Wildman–Crippen LogP) is 2.25. The van der Waals surface area contributed by atoms with Gasteiger partial charge in [0.05, 0.1) is 5.01 Å². The molecule has 2 aromatic rings. The van der Waals surface area contributed by atoms with Crippen LogP contribution in [0.25, 0.3) is 0 Å². The highest BCUT2D eigenvalue weighted by Gasteiger charge is 2.14. The average molecular weight is 334 g/mol. The van der Waals surface area contributed by atoms with Crippen molar-refractivity contribution in [2.45, 2.75) is 19.9 Å². The third kappa shape index (κ3) is 3.80. The molecular formula is C16H18N2O4S. The lowest BCUT2D eigenvalue weighted by Gasteiger charge is -2.18. The van der Waals surface area contributed by atoms with Crippen molar-refractivity contribution in [3.05, 3.63) is 39.3 Å². The lowest BCUT2D eigenvalue weighted by Crippen LogP contribution is -2.18. The molecular weight excluding hydrogens is 316 g/mol. The standard InChI is InChI=1S/C16H18N2O4S/c1-10-15(16(19)20)18-14(23-10)4-5-17-9-11-2-3-12-13(8-11)22-7-6-21-12/h2-3,8,17H,4-7,9H2,1H3,(H,19,20). The molecule has 0 bridgehead atoms. The quantitative estimate of drug-likeness (QED) is 0.789. The highest BCUT2D eigenvalue weighted by atomic mass is 32.1. The van der Waals surface area contributed by atoms with Gasteiger partial charge in [0, 0.05) is 24.4 Å². The van der Waals surface area contributed by atoms with Crippen LogP contribution in [0.5, 0.6) is 11.5 Å². The van der Waals surface area contributed by atoms with Crippen LogP contribution < -0.4 is 14.8 Å². The molecule has 0 aliphatic carbocycles. The molecule has 0 unspecified atom stereocenters. The number of thiazole rings is 1. The number of hydrogen-bond donors (Lipinski definition) is 2. The highest BCUT2D eigenvalue weighted by molar-refractivity contribution is 7.11. The number of rotatable bonds is 6. The zero-order valence-electron chi connectivity index (χ0n) is 12.8. The van der Waals surface area contributed by atoms with Crippen LogP contribution in [0.1, 0.15) is 25.9 Å². The Balaban J connectivity index is 1.50. The van der Waals surface area contributed by atoms with Gasteiger partial charge in [0.2, 0.25) is 0 Å². The van der Waals surface area contributed by atoms with E-state index in [9.17, 15) is 4.79 Å². The van der Waals surface area contributed by atoms with E-state index in [-0.39, 0.29) is 5.69 Å². The molecule has 1 aromatic heterocycles. The van der Waals surface area contributed by atoms with E-state index in [0.717, 1.165) is 33.5 Å². The molecule has 7 heteroatoms. The summed E-state index contributed by atoms with van der Waals surface area (Å²) in [6, 6.07) is 5.92. The van der Waals surface area contributed by atoms with E-state index in [4.69, 9.17) is 14.6 Å². The first-order valence-electron chi connectivity index (χ1n) is 7.42. The summed E-state index contributed by atoms with van der Waals surface area (Å²) in [6.07, 6.45) is 0.712. The second-order valence-corrected chi connectivity index (χ2v) is 6.51. The van der Waals surface area contributed by atoms with Gasteiger partial charge in [0.1, 0.15) is 13.2 Å². The van der Waals surface area contributed by atoms with E-state index in [1.54, 1.807) is 6.92 Å². The number of fused-ring (bicyclic) bond motifs is 1. The van der Waals surface area contributed by atoms with Crippen LogP contribution >= 0.6 is 11.3 Å². The fourth-order valence-electron chi connectivity index (χ4n) is 2.38. The summed E-state index contributed by atoms with van der Waals surface area (Å²) < 4.78 is 11.1. The number of carboxylic acid groups (broad SMARTS) is 1. The van der Waals surface area contributed by atoms with E-state index in [1.807, 2.05) is 18.2 Å². The molecule has 3 rings (SSSR count). The van der Waals surface area contributed by atoms with Crippen LogP contribution in [0.15, 0.2) is 18.2 Å². The molecule has 2 N–H and O–H groups in total. The Kier molecular flexibility index (Phi) is 4.78. The fourth-order valence-corrected chi connectivity index (χ4v) is 3.31. The zero-order chi connectivity index (χ0) is 16.2. The van der Waals surface area contributed by atoms with Gasteiger partial charge in [-0.2, -0.15) is 0 Å². The van der Waals surface area contributed by atoms with Gasteiger partial charge in [0.15, 0.2) is 17.2 Å². The zero-order valence-corrected chi connectivity index (χ0v) is 13.6. The van der Waals surface area contributed by atoms with Crippen LogP contribution in [0.3, 0.4) is 0 Å². The van der Waals surface area contributed by atoms with Crippen LogP contribution in [-0.2, 0) is 13.0 Å². The Morgan fingerprint density at radius 1 is 1.35 bits per heavy atom. The summed E-state index contributed by atoms with van der Waals surface area (Å²) in [7, 11) is 0. The van der Waals surface area contributed by atoms with Crippen molar-refractivity contribution < 1.29 is 19.4 Å². The van der Waals surface area contributed by atoms with Crippen LogP contribution in [0, 0.1) is 6.92 Å². The molecule has 2 heterocycles. The van der Waals surface area contributed by atoms with E-state index in [1.165, 1.54) is 11.3 Å². The number of aromatic nitrogens is 1. The monoisotopic (exact) mass is 334 g/mol. The van der Waals surface area contributed by atoms with Gasteiger partial charge in [-0.05, 0) is 24.6 Å². The summed E-state index contributed by atoms with van der Waals surface area (Å²) in [5.74, 6) is 0.617. The molecule has 0 atom stereocenters. The van der Waals surface area contributed by atoms with Crippen molar-refractivity contribution in [3.8, 4) is 11.5 Å². The number of carbonyl (C=O) groups is 1. The second-order valence-electron chi connectivity index (χ2n) is 5.22. The Morgan fingerprint density at radius 3 is 2.87 bits per heavy atom. The number of ether oxygens (including phenoxy) is 2. The Labute approximate surface area is 138 Å². The smallest absolute Gasteiger partial charge is 0.355 e. The number of nitrogens with one attached hydrogen (secondary N) is 1. The van der Waals surface area contributed by atoms with E-state index >= 15 is 0 Å². The maximum absolute atomic E-state index is 11.0. The summed E-state index contributed by atoms with van der Waals surface area (Å²) >= 11 is 1.44. The molecule has 1 aromatic carbocycles. The molecule has 6 nitrogen and oxygen atoms in total. The molecule has 0 saturated heterocycles. The lowest BCUT2D eigenvalue weighted by molar-refractivity contribution is 0.0690. The van der Waals surface area contributed by atoms with Gasteiger partial charge in [0.25, 0.3) is 0 Å². The Hall–Kier alpha value is -2.12. The van der Waals surface area contributed by atoms with Gasteiger partial charge in [-0.3, -0.25) is 0 Å². The van der Waals surface area contributed by atoms with Gasteiger partial charge in [-0.15, -0.1) is 11.3 Å². The lowest BCUT2D eigenvalue weighted by atomic mass is 10.2. The summed E-state index contributed by atoms with van der Waals surface area (Å²) in [5, 5.41) is 13.2. The van der Waals surface area contributed by atoms with Crippen LogP contribution in [-0.4, -0.2) is 35.8 Å². The Morgan fingerprint density at radius 2 is 2.13 bits per heavy atom. The highest BCUT2D eigenvalue weighted by Crippen LogP contribution is 2.30. The van der Waals surface area contributed by atoms with Crippen molar-refractivity contribution in [2.24, 2.45) is 0 Å². The second kappa shape index (κ2) is 6.97. The minimum atomic E-state index is -0.964. The molecule has 23 heavy (non-hydrogen) atoms. The van der Waals surface area contributed by atoms with Gasteiger partial charge in [-0.1, -0.05) is 6.07 Å². The minimum Gasteiger partial charge on any atom is -0.486 e. The molecule has 1 aliphatic rings. The van der Waals surface area contributed by atoms with Crippen molar-refractivity contribution in [2.75, 3.05) is 19.8 Å². The minimum absolute atomic E-state index is 0.164. The van der Waals surface area contributed by atoms with Crippen molar-refractivity contribution in [3.63, 3.8) is 0 Å². The summed E-state index contributed by atoms with van der Waals surface area (Å²) in [6.45, 7) is 4.41. The molecule has 0 amide bonds. The number of carboxylic acids is 1. The third-order valence-electron chi connectivity index (χ3n) is 3.49. The molecule has 0 saturated carbocycles. The molecule has 0 radical (unpaired) electrons. The van der Waals surface area contributed by atoms with Gasteiger partial charge in [-0.25, -0.2) is 9.78 Å². The maximum atomic E-state index is 11.0. The summed E-state index contributed by atoms with van der Waals surface area (Å²) in [5.41, 5.74) is 1.28. The Bertz CT molecular complexity index is 714.